The third-order valence-corrected chi connectivity index (χ3v) is 2.58. The van der Waals surface area contributed by atoms with Gasteiger partial charge in [-0.25, -0.2) is 0 Å². The normalized spacial score (nSPS) is 43.9. The number of nitrogens with one attached hydrogen (secondary N) is 1. The van der Waals surface area contributed by atoms with Crippen LogP contribution in [0, 0.1) is 5.92 Å². The van der Waals surface area contributed by atoms with E-state index in [0.29, 0.717) is 18.1 Å². The highest BCUT2D eigenvalue weighted by Crippen LogP contribution is 2.24. The Labute approximate surface area is 69.3 Å². The second-order valence-electron chi connectivity index (χ2n) is 4.13. The average molecular weight is 157 g/mol. The van der Waals surface area contributed by atoms with Gasteiger partial charge < -0.3 is 4.74 Å². The smallest absolute Gasteiger partial charge is 0.114 e. The molecule has 0 aromatic carbocycles. The van der Waals surface area contributed by atoms with Gasteiger partial charge in [0.15, 0.2) is 0 Å². The Balaban J connectivity index is 2.62. The Morgan fingerprint density at radius 3 is 2.18 bits per heavy atom. The molecule has 0 aliphatic carbocycles. The summed E-state index contributed by atoms with van der Waals surface area (Å²) in [5.74, 6) is 0.600. The van der Waals surface area contributed by atoms with E-state index < -0.39 is 0 Å². The third kappa shape index (κ3) is 1.94. The van der Waals surface area contributed by atoms with E-state index in [-0.39, 0.29) is 5.72 Å². The lowest BCUT2D eigenvalue weighted by atomic mass is 9.94. The summed E-state index contributed by atoms with van der Waals surface area (Å²) in [7, 11) is 0. The van der Waals surface area contributed by atoms with Gasteiger partial charge in [-0.15, -0.1) is 0 Å². The second-order valence-corrected chi connectivity index (χ2v) is 4.13. The molecule has 66 valence electrons. The van der Waals surface area contributed by atoms with E-state index in [1.165, 1.54) is 0 Å². The molecule has 3 atom stereocenters. The lowest BCUT2D eigenvalue weighted by Gasteiger charge is -2.43. The highest BCUT2D eigenvalue weighted by molar-refractivity contribution is 4.84. The van der Waals surface area contributed by atoms with Crippen molar-refractivity contribution in [2.24, 2.45) is 5.92 Å². The molecular formula is C9H19NO. The van der Waals surface area contributed by atoms with Crippen LogP contribution in [0.2, 0.25) is 0 Å². The van der Waals surface area contributed by atoms with E-state index in [1.54, 1.807) is 0 Å². The first kappa shape index (κ1) is 9.01. The lowest BCUT2D eigenvalue weighted by molar-refractivity contribution is -0.149. The van der Waals surface area contributed by atoms with Crippen molar-refractivity contribution >= 4 is 0 Å². The van der Waals surface area contributed by atoms with Gasteiger partial charge in [-0.1, -0.05) is 6.92 Å². The zero-order chi connectivity index (χ0) is 8.65. The maximum Gasteiger partial charge on any atom is 0.114 e. The van der Waals surface area contributed by atoms with E-state index >= 15 is 0 Å². The molecule has 1 heterocycles. The van der Waals surface area contributed by atoms with Gasteiger partial charge in [0, 0.05) is 6.04 Å². The first-order valence-corrected chi connectivity index (χ1v) is 4.38. The highest BCUT2D eigenvalue weighted by Gasteiger charge is 2.34. The Hall–Kier alpha value is -0.0800. The van der Waals surface area contributed by atoms with E-state index in [1.807, 2.05) is 0 Å². The Morgan fingerprint density at radius 2 is 1.73 bits per heavy atom. The summed E-state index contributed by atoms with van der Waals surface area (Å²) in [5, 5.41) is 3.41. The van der Waals surface area contributed by atoms with Crippen LogP contribution in [-0.2, 0) is 4.74 Å². The molecule has 0 saturated carbocycles. The maximum absolute atomic E-state index is 5.75. The summed E-state index contributed by atoms with van der Waals surface area (Å²) in [6, 6.07) is 0.550. The molecule has 1 saturated heterocycles. The van der Waals surface area contributed by atoms with Crippen molar-refractivity contribution in [3.63, 3.8) is 0 Å². The van der Waals surface area contributed by atoms with Gasteiger partial charge >= 0.3 is 0 Å². The van der Waals surface area contributed by atoms with Crippen LogP contribution < -0.4 is 5.32 Å². The quantitative estimate of drug-likeness (QED) is 0.578. The van der Waals surface area contributed by atoms with Crippen molar-refractivity contribution < 1.29 is 4.74 Å². The van der Waals surface area contributed by atoms with Crippen LogP contribution in [-0.4, -0.2) is 17.9 Å². The molecular weight excluding hydrogens is 138 g/mol. The second kappa shape index (κ2) is 2.76. The minimum Gasteiger partial charge on any atom is -0.358 e. The van der Waals surface area contributed by atoms with Crippen LogP contribution in [0.5, 0.6) is 0 Å². The summed E-state index contributed by atoms with van der Waals surface area (Å²) in [6.45, 7) is 10.7. The molecule has 1 aliphatic rings. The minimum atomic E-state index is -0.147. The van der Waals surface area contributed by atoms with Crippen LogP contribution in [0.3, 0.4) is 0 Å². The van der Waals surface area contributed by atoms with Crippen molar-refractivity contribution in [1.29, 1.82) is 0 Å². The van der Waals surface area contributed by atoms with Crippen LogP contribution in [0.25, 0.3) is 0 Å². The lowest BCUT2D eigenvalue weighted by Crippen LogP contribution is -2.58. The first-order chi connectivity index (χ1) is 4.92. The SMILES string of the molecule is CC1NC(C)(C)OC(C)C1C. The Bertz CT molecular complexity index is 130. The monoisotopic (exact) mass is 157 g/mol. The summed E-state index contributed by atoms with van der Waals surface area (Å²) >= 11 is 0. The van der Waals surface area contributed by atoms with Gasteiger partial charge in [0.25, 0.3) is 0 Å². The van der Waals surface area contributed by atoms with E-state index in [9.17, 15) is 0 Å². The van der Waals surface area contributed by atoms with Crippen molar-refractivity contribution in [1.82, 2.24) is 5.32 Å². The van der Waals surface area contributed by atoms with Crippen LogP contribution in [0.1, 0.15) is 34.6 Å². The van der Waals surface area contributed by atoms with Gasteiger partial charge in [0.1, 0.15) is 5.72 Å². The Morgan fingerprint density at radius 1 is 1.18 bits per heavy atom. The van der Waals surface area contributed by atoms with Crippen LogP contribution in [0.4, 0.5) is 0 Å². The molecule has 0 radical (unpaired) electrons. The molecule has 0 aromatic heterocycles. The Kier molecular flexibility index (Phi) is 2.26. The molecule has 1 rings (SSSR count). The van der Waals surface area contributed by atoms with Gasteiger partial charge in [-0.05, 0) is 33.6 Å². The fraction of sp³-hybridized carbons (Fsp3) is 1.00. The molecule has 2 heteroatoms. The molecule has 3 unspecified atom stereocenters. The standard InChI is InChI=1S/C9H19NO/c1-6-7(2)10-9(4,5)11-8(6)3/h6-8,10H,1-5H3. The summed E-state index contributed by atoms with van der Waals surface area (Å²) in [5.41, 5.74) is -0.147. The fourth-order valence-electron chi connectivity index (χ4n) is 1.69. The van der Waals surface area contributed by atoms with Crippen LogP contribution in [0.15, 0.2) is 0 Å². The number of hydrogen-bond acceptors (Lipinski definition) is 2. The van der Waals surface area contributed by atoms with Crippen molar-refractivity contribution in [2.45, 2.75) is 52.5 Å². The summed E-state index contributed by atoms with van der Waals surface area (Å²) in [6.07, 6.45) is 0.362. The van der Waals surface area contributed by atoms with Gasteiger partial charge in [-0.2, -0.15) is 0 Å². The van der Waals surface area contributed by atoms with Crippen molar-refractivity contribution in [2.75, 3.05) is 0 Å². The average Bonchev–Trinajstić information content (AvgIpc) is 1.81. The molecule has 0 amide bonds. The largest absolute Gasteiger partial charge is 0.358 e. The summed E-state index contributed by atoms with van der Waals surface area (Å²) in [4.78, 5) is 0. The zero-order valence-corrected chi connectivity index (χ0v) is 8.14. The zero-order valence-electron chi connectivity index (χ0n) is 8.14. The molecule has 1 aliphatic heterocycles. The van der Waals surface area contributed by atoms with Gasteiger partial charge in [0.05, 0.1) is 6.10 Å². The van der Waals surface area contributed by atoms with Crippen LogP contribution >= 0.6 is 0 Å². The van der Waals surface area contributed by atoms with Gasteiger partial charge in [-0.3, -0.25) is 5.32 Å². The minimum absolute atomic E-state index is 0.147. The number of ether oxygens (including phenoxy) is 1. The topological polar surface area (TPSA) is 21.3 Å². The number of hydrogen-bond donors (Lipinski definition) is 1. The molecule has 0 spiro atoms. The fourth-order valence-corrected chi connectivity index (χ4v) is 1.69. The van der Waals surface area contributed by atoms with Gasteiger partial charge in [0.2, 0.25) is 0 Å². The molecule has 11 heavy (non-hydrogen) atoms. The van der Waals surface area contributed by atoms with Crippen molar-refractivity contribution in [3.05, 3.63) is 0 Å². The van der Waals surface area contributed by atoms with E-state index in [2.05, 4.69) is 39.9 Å². The number of rotatable bonds is 0. The first-order valence-electron chi connectivity index (χ1n) is 4.38. The predicted octanol–water partition coefficient (Wildman–Crippen LogP) is 1.76. The molecule has 0 aromatic rings. The van der Waals surface area contributed by atoms with E-state index in [0.717, 1.165) is 0 Å². The molecule has 0 bridgehead atoms. The molecule has 1 fully saturated rings. The summed E-state index contributed by atoms with van der Waals surface area (Å²) < 4.78 is 5.75. The maximum atomic E-state index is 5.75. The molecule has 1 N–H and O–H groups in total. The third-order valence-electron chi connectivity index (χ3n) is 2.58. The highest BCUT2D eigenvalue weighted by atomic mass is 16.5. The molecule has 2 nitrogen and oxygen atoms in total. The van der Waals surface area contributed by atoms with E-state index in [4.69, 9.17) is 4.74 Å². The van der Waals surface area contributed by atoms with Crippen molar-refractivity contribution in [3.8, 4) is 0 Å². The predicted molar refractivity (Wildman–Crippen MR) is 46.4 cm³/mol.